The Labute approximate surface area is 207 Å². The third kappa shape index (κ3) is 4.76. The molecule has 1 aliphatic heterocycles. The number of nitrogens with zero attached hydrogens (tertiary/aromatic N) is 2. The molecule has 3 N–H and O–H groups in total. The molecular formula is C26H25ClFN3O2S. The van der Waals surface area contributed by atoms with Crippen LogP contribution in [-0.2, 0) is 10.3 Å². The van der Waals surface area contributed by atoms with Gasteiger partial charge in [-0.15, -0.1) is 11.8 Å². The van der Waals surface area contributed by atoms with Crippen LogP contribution in [0.15, 0.2) is 76.6 Å². The molecular weight excluding hydrogens is 473 g/mol. The molecule has 4 rings (SSSR count). The van der Waals surface area contributed by atoms with Crippen LogP contribution in [0.1, 0.15) is 18.9 Å². The molecule has 8 heteroatoms. The number of phenols is 1. The number of likely N-dealkylation sites (N-methyl/N-ethyl adjacent to an activating group) is 1. The van der Waals surface area contributed by atoms with Gasteiger partial charge in [-0.05, 0) is 65.9 Å². The van der Waals surface area contributed by atoms with Gasteiger partial charge in [-0.1, -0.05) is 42.8 Å². The van der Waals surface area contributed by atoms with E-state index in [1.54, 1.807) is 37.0 Å². The maximum atomic E-state index is 14.0. The molecule has 3 aromatic rings. The second-order valence-corrected chi connectivity index (χ2v) is 10.0. The van der Waals surface area contributed by atoms with E-state index in [0.29, 0.717) is 23.1 Å². The van der Waals surface area contributed by atoms with E-state index in [2.05, 4.69) is 4.99 Å². The van der Waals surface area contributed by atoms with Gasteiger partial charge in [0.2, 0.25) is 0 Å². The van der Waals surface area contributed by atoms with Gasteiger partial charge in [-0.3, -0.25) is 9.69 Å². The lowest BCUT2D eigenvalue weighted by molar-refractivity contribution is -0.131. The van der Waals surface area contributed by atoms with Crippen molar-refractivity contribution in [1.82, 2.24) is 4.90 Å². The number of hydrogen-bond donors (Lipinski definition) is 2. The number of carbonyl (C=O) groups is 1. The number of amides is 1. The molecule has 0 saturated heterocycles. The van der Waals surface area contributed by atoms with Crippen LogP contribution in [0.5, 0.6) is 5.75 Å². The molecule has 176 valence electrons. The largest absolute Gasteiger partial charge is 0.508 e. The van der Waals surface area contributed by atoms with E-state index in [0.717, 1.165) is 10.6 Å². The predicted molar refractivity (Wildman–Crippen MR) is 136 cm³/mol. The van der Waals surface area contributed by atoms with Crippen molar-refractivity contribution in [2.24, 2.45) is 16.6 Å². The van der Waals surface area contributed by atoms with Gasteiger partial charge in [0, 0.05) is 28.3 Å². The van der Waals surface area contributed by atoms with Gasteiger partial charge in [0.15, 0.2) is 11.5 Å². The first kappa shape index (κ1) is 24.1. The Morgan fingerprint density at radius 3 is 2.53 bits per heavy atom. The number of benzene rings is 3. The van der Waals surface area contributed by atoms with Gasteiger partial charge in [0.25, 0.3) is 5.91 Å². The first-order chi connectivity index (χ1) is 16.2. The smallest absolute Gasteiger partial charge is 0.261 e. The molecule has 0 spiro atoms. The lowest BCUT2D eigenvalue weighted by Crippen LogP contribution is -2.41. The van der Waals surface area contributed by atoms with E-state index in [-0.39, 0.29) is 28.6 Å². The van der Waals surface area contributed by atoms with E-state index >= 15 is 0 Å². The molecule has 2 atom stereocenters. The Kier molecular flexibility index (Phi) is 6.86. The van der Waals surface area contributed by atoms with Crippen molar-refractivity contribution in [3.63, 3.8) is 0 Å². The van der Waals surface area contributed by atoms with Gasteiger partial charge < -0.3 is 10.8 Å². The van der Waals surface area contributed by atoms with E-state index < -0.39 is 11.4 Å². The highest BCUT2D eigenvalue weighted by Gasteiger charge is 2.50. The van der Waals surface area contributed by atoms with Crippen molar-refractivity contribution in [2.45, 2.75) is 23.8 Å². The summed E-state index contributed by atoms with van der Waals surface area (Å²) in [6, 6.07) is 19.0. The molecule has 0 fully saturated rings. The van der Waals surface area contributed by atoms with E-state index in [1.165, 1.54) is 23.1 Å². The van der Waals surface area contributed by atoms with Crippen molar-refractivity contribution in [2.75, 3.05) is 12.8 Å². The number of aliphatic imine (C=N–C) groups is 1. The highest BCUT2D eigenvalue weighted by atomic mass is 35.5. The van der Waals surface area contributed by atoms with Crippen LogP contribution in [0, 0.1) is 11.7 Å². The summed E-state index contributed by atoms with van der Waals surface area (Å²) >= 11 is 7.74. The summed E-state index contributed by atoms with van der Waals surface area (Å²) in [5, 5.41) is 11.1. The maximum absolute atomic E-state index is 14.0. The van der Waals surface area contributed by atoms with Crippen LogP contribution in [0.3, 0.4) is 0 Å². The minimum Gasteiger partial charge on any atom is -0.508 e. The molecule has 1 heterocycles. The van der Waals surface area contributed by atoms with Gasteiger partial charge >= 0.3 is 0 Å². The molecule has 34 heavy (non-hydrogen) atoms. The van der Waals surface area contributed by atoms with Crippen LogP contribution < -0.4 is 5.73 Å². The average molecular weight is 498 g/mol. The summed E-state index contributed by atoms with van der Waals surface area (Å²) in [7, 11) is 1.57. The summed E-state index contributed by atoms with van der Waals surface area (Å²) in [5.41, 5.74) is 6.15. The van der Waals surface area contributed by atoms with E-state index in [4.69, 9.17) is 17.3 Å². The Balaban J connectivity index is 1.72. The molecule has 0 aromatic heterocycles. The molecule has 5 nitrogen and oxygen atoms in total. The second-order valence-electron chi connectivity index (χ2n) is 8.52. The Hall–Kier alpha value is -3.03. The lowest BCUT2D eigenvalue weighted by Gasteiger charge is -2.29. The summed E-state index contributed by atoms with van der Waals surface area (Å²) in [6.45, 7) is 2.04. The maximum Gasteiger partial charge on any atom is 0.261 e. The standard InChI is InChI=1S/C26H25ClFN3O2S/c1-16(15-34-21-6-4-3-5-7-21)14-26(24(33)31(2)25(29)30-26)22-12-17(8-9-23(22)32)18-10-19(27)13-20(28)11-18/h3-13,16,32H,14-15H2,1-2H3,(H2,29,30)/t16-,26?/m1/s1. The number of carbonyl (C=O) groups excluding carboxylic acids is 1. The number of guanidine groups is 1. The first-order valence-corrected chi connectivity index (χ1v) is 12.2. The number of phenolic OH excluding ortho intramolecular Hbond substituents is 1. The van der Waals surface area contributed by atoms with Crippen LogP contribution in [0.25, 0.3) is 11.1 Å². The number of halogens is 2. The predicted octanol–water partition coefficient (Wildman–Crippen LogP) is 5.65. The van der Waals surface area contributed by atoms with Gasteiger partial charge in [-0.2, -0.15) is 0 Å². The highest BCUT2D eigenvalue weighted by Crippen LogP contribution is 2.44. The monoisotopic (exact) mass is 497 g/mol. The SMILES string of the molecule is C[C@@H](CSc1ccccc1)CC1(c2cc(-c3cc(F)cc(Cl)c3)ccc2O)N=C(N)N(C)C1=O. The number of hydrogen-bond acceptors (Lipinski definition) is 5. The van der Waals surface area contributed by atoms with Crippen LogP contribution in [-0.4, -0.2) is 34.7 Å². The average Bonchev–Trinajstić information content (AvgIpc) is 3.02. The van der Waals surface area contributed by atoms with Crippen molar-refractivity contribution in [1.29, 1.82) is 0 Å². The molecule has 3 aromatic carbocycles. The molecule has 0 bridgehead atoms. The minimum atomic E-state index is -1.38. The van der Waals surface area contributed by atoms with E-state index in [9.17, 15) is 14.3 Å². The molecule has 1 unspecified atom stereocenters. The van der Waals surface area contributed by atoms with Crippen molar-refractivity contribution in [3.8, 4) is 16.9 Å². The quantitative estimate of drug-likeness (QED) is 0.413. The zero-order valence-electron chi connectivity index (χ0n) is 18.8. The Bertz CT molecular complexity index is 1230. The summed E-state index contributed by atoms with van der Waals surface area (Å²) in [5.74, 6) is 0.0337. The van der Waals surface area contributed by atoms with Crippen molar-refractivity contribution >= 4 is 35.2 Å². The Morgan fingerprint density at radius 2 is 1.88 bits per heavy atom. The number of thioether (sulfide) groups is 1. The number of nitrogens with two attached hydrogens (primary N) is 1. The third-order valence-corrected chi connectivity index (χ3v) is 7.43. The minimum absolute atomic E-state index is 0.0591. The molecule has 0 saturated carbocycles. The molecule has 0 radical (unpaired) electrons. The fourth-order valence-corrected chi connectivity index (χ4v) is 5.37. The third-order valence-electron chi connectivity index (χ3n) is 5.87. The van der Waals surface area contributed by atoms with Gasteiger partial charge in [-0.25, -0.2) is 9.38 Å². The van der Waals surface area contributed by atoms with Crippen molar-refractivity contribution < 1.29 is 14.3 Å². The van der Waals surface area contributed by atoms with Gasteiger partial charge in [0.1, 0.15) is 11.6 Å². The normalized spacial score (nSPS) is 18.8. The summed E-state index contributed by atoms with van der Waals surface area (Å²) in [4.78, 5) is 20.5. The van der Waals surface area contributed by atoms with E-state index in [1.807, 2.05) is 37.3 Å². The molecule has 0 aliphatic carbocycles. The topological polar surface area (TPSA) is 78.9 Å². The zero-order valence-corrected chi connectivity index (χ0v) is 20.4. The summed E-state index contributed by atoms with van der Waals surface area (Å²) in [6.07, 6.45) is 0.345. The second kappa shape index (κ2) is 9.68. The lowest BCUT2D eigenvalue weighted by atomic mass is 9.80. The van der Waals surface area contributed by atoms with Crippen LogP contribution in [0.2, 0.25) is 5.02 Å². The summed E-state index contributed by atoms with van der Waals surface area (Å²) < 4.78 is 14.0. The van der Waals surface area contributed by atoms with Crippen LogP contribution in [0.4, 0.5) is 4.39 Å². The van der Waals surface area contributed by atoms with Crippen LogP contribution >= 0.6 is 23.4 Å². The highest BCUT2D eigenvalue weighted by molar-refractivity contribution is 7.99. The fraction of sp³-hybridized carbons (Fsp3) is 0.231. The zero-order chi connectivity index (χ0) is 24.5. The Morgan fingerprint density at radius 1 is 1.15 bits per heavy atom. The van der Waals surface area contributed by atoms with Crippen molar-refractivity contribution in [3.05, 3.63) is 83.1 Å². The fourth-order valence-electron chi connectivity index (χ4n) is 4.20. The van der Waals surface area contributed by atoms with Gasteiger partial charge in [0.05, 0.1) is 0 Å². The molecule has 1 amide bonds. The number of rotatable bonds is 7. The molecule has 1 aliphatic rings. The number of aromatic hydroxyl groups is 1. The first-order valence-electron chi connectivity index (χ1n) is 10.8.